The number of likely N-dealkylation sites (tertiary alicyclic amines) is 1. The van der Waals surface area contributed by atoms with Gasteiger partial charge in [0.2, 0.25) is 0 Å². The highest BCUT2D eigenvalue weighted by molar-refractivity contribution is 7.16. The fourth-order valence-electron chi connectivity index (χ4n) is 6.40. The molecular weight excluding hydrogens is 582 g/mol. The molecule has 1 amide bonds. The van der Waals surface area contributed by atoms with Crippen LogP contribution >= 0.6 is 11.3 Å². The first kappa shape index (κ1) is 31.1. The summed E-state index contributed by atoms with van der Waals surface area (Å²) in [4.78, 5) is 36.3. The molecule has 1 aliphatic heterocycles. The standard InChI is InChI=1S/C35H43N7O2S/c43-22-29(18-26-6-2-1-3-7-26)38-23-42-16-13-25(14-17-42)12-15-36-35(44)30-21-37-34(20-32(30)40-27-8-4-5-9-27)41-28-10-11-31-33(19-28)45-24-39-31/h1-3,6-7,10-11,19-22,24-25,27,29,38H,4-5,8-9,12-18,23H2,(H,36,44)(H2,37,40,41)/t29-/m0/s1. The van der Waals surface area contributed by atoms with Crippen LogP contribution in [0.5, 0.6) is 0 Å². The molecule has 2 aromatic heterocycles. The Bertz CT molecular complexity index is 1550. The molecule has 4 N–H and O–H groups in total. The van der Waals surface area contributed by atoms with E-state index in [1.807, 2.05) is 41.9 Å². The second-order valence-corrected chi connectivity index (χ2v) is 13.2. The molecule has 1 saturated heterocycles. The van der Waals surface area contributed by atoms with E-state index in [1.165, 1.54) is 12.8 Å². The van der Waals surface area contributed by atoms with Gasteiger partial charge in [-0.25, -0.2) is 9.97 Å². The molecule has 6 rings (SSSR count). The molecule has 236 valence electrons. The monoisotopic (exact) mass is 625 g/mol. The van der Waals surface area contributed by atoms with Crippen LogP contribution < -0.4 is 21.3 Å². The van der Waals surface area contributed by atoms with Gasteiger partial charge in [0.15, 0.2) is 0 Å². The van der Waals surface area contributed by atoms with E-state index in [0.717, 1.165) is 78.6 Å². The lowest BCUT2D eigenvalue weighted by Crippen LogP contribution is -2.45. The van der Waals surface area contributed by atoms with E-state index in [4.69, 9.17) is 0 Å². The SMILES string of the molecule is O=C[C@H](Cc1ccccc1)NCN1CCC(CCNC(=O)c2cnc(Nc3ccc4ncsc4c3)cc2NC2CCCC2)CC1. The Morgan fingerprint density at radius 2 is 1.84 bits per heavy atom. The van der Waals surface area contributed by atoms with Crippen LogP contribution in [0.3, 0.4) is 0 Å². The van der Waals surface area contributed by atoms with E-state index < -0.39 is 0 Å². The lowest BCUT2D eigenvalue weighted by Gasteiger charge is -2.32. The van der Waals surface area contributed by atoms with Crippen LogP contribution in [0.1, 0.15) is 60.9 Å². The quantitative estimate of drug-likeness (QED) is 0.127. The summed E-state index contributed by atoms with van der Waals surface area (Å²) >= 11 is 1.61. The maximum atomic E-state index is 13.4. The Labute approximate surface area is 269 Å². The number of aromatic nitrogens is 2. The molecule has 0 radical (unpaired) electrons. The molecule has 0 spiro atoms. The van der Waals surface area contributed by atoms with Crippen molar-refractivity contribution in [1.82, 2.24) is 25.5 Å². The van der Waals surface area contributed by atoms with Crippen LogP contribution in [0.2, 0.25) is 0 Å². The van der Waals surface area contributed by atoms with Crippen LogP contribution in [-0.2, 0) is 11.2 Å². The van der Waals surface area contributed by atoms with Gasteiger partial charge in [0.25, 0.3) is 5.91 Å². The number of anilines is 3. The predicted octanol–water partition coefficient (Wildman–Crippen LogP) is 5.98. The van der Waals surface area contributed by atoms with Gasteiger partial charge >= 0.3 is 0 Å². The summed E-state index contributed by atoms with van der Waals surface area (Å²) < 4.78 is 1.12. The number of nitrogens with one attached hydrogen (secondary N) is 4. The zero-order valence-electron chi connectivity index (χ0n) is 25.7. The molecule has 0 unspecified atom stereocenters. The molecule has 2 aliphatic rings. The number of amides is 1. The van der Waals surface area contributed by atoms with Gasteiger partial charge in [-0.05, 0) is 81.3 Å². The number of piperidine rings is 1. The lowest BCUT2D eigenvalue weighted by molar-refractivity contribution is -0.109. The highest BCUT2D eigenvalue weighted by Crippen LogP contribution is 2.29. The lowest BCUT2D eigenvalue weighted by atomic mass is 9.93. The summed E-state index contributed by atoms with van der Waals surface area (Å²) in [6, 6.07) is 18.4. The smallest absolute Gasteiger partial charge is 0.254 e. The van der Waals surface area contributed by atoms with Crippen LogP contribution in [0.15, 0.2) is 66.3 Å². The van der Waals surface area contributed by atoms with Crippen molar-refractivity contribution >= 4 is 50.9 Å². The largest absolute Gasteiger partial charge is 0.382 e. The van der Waals surface area contributed by atoms with Gasteiger partial charge in [-0.3, -0.25) is 15.0 Å². The van der Waals surface area contributed by atoms with E-state index in [-0.39, 0.29) is 11.9 Å². The van der Waals surface area contributed by atoms with Crippen molar-refractivity contribution in [2.75, 3.05) is 36.9 Å². The number of rotatable bonds is 14. The number of aldehydes is 1. The van der Waals surface area contributed by atoms with E-state index in [9.17, 15) is 9.59 Å². The van der Waals surface area contributed by atoms with Gasteiger partial charge in [-0.1, -0.05) is 43.2 Å². The van der Waals surface area contributed by atoms with Crippen molar-refractivity contribution in [3.05, 3.63) is 77.4 Å². The third-order valence-corrected chi connectivity index (χ3v) is 9.84. The minimum atomic E-state index is -0.180. The summed E-state index contributed by atoms with van der Waals surface area (Å²) in [6.07, 6.45) is 11.2. The molecule has 45 heavy (non-hydrogen) atoms. The number of carbonyl (C=O) groups is 2. The zero-order chi connectivity index (χ0) is 30.8. The van der Waals surface area contributed by atoms with Gasteiger partial charge < -0.3 is 20.7 Å². The van der Waals surface area contributed by atoms with Gasteiger partial charge in [-0.2, -0.15) is 0 Å². The van der Waals surface area contributed by atoms with Crippen LogP contribution in [0.4, 0.5) is 17.2 Å². The number of hydrogen-bond donors (Lipinski definition) is 4. The average molecular weight is 626 g/mol. The molecule has 2 fully saturated rings. The minimum absolute atomic E-state index is 0.0828. The Hall–Kier alpha value is -3.86. The number of hydrogen-bond acceptors (Lipinski definition) is 9. The Balaban J connectivity index is 0.979. The molecule has 1 atom stereocenters. The number of thiazole rings is 1. The van der Waals surface area contributed by atoms with Crippen LogP contribution in [-0.4, -0.2) is 65.4 Å². The molecule has 0 bridgehead atoms. The molecule has 1 aliphatic carbocycles. The van der Waals surface area contributed by atoms with Crippen LogP contribution in [0, 0.1) is 5.92 Å². The molecular formula is C35H43N7O2S. The van der Waals surface area contributed by atoms with Crippen LogP contribution in [0.25, 0.3) is 10.2 Å². The maximum absolute atomic E-state index is 13.4. The predicted molar refractivity (Wildman–Crippen MR) is 182 cm³/mol. The molecule has 4 aromatic rings. The second-order valence-electron chi connectivity index (χ2n) is 12.3. The summed E-state index contributed by atoms with van der Waals surface area (Å²) in [5, 5.41) is 13.6. The zero-order valence-corrected chi connectivity index (χ0v) is 26.5. The number of fused-ring (bicyclic) bond motifs is 1. The van der Waals surface area contributed by atoms with Gasteiger partial charge in [0.05, 0.1) is 33.0 Å². The Morgan fingerprint density at radius 1 is 1.02 bits per heavy atom. The van der Waals surface area contributed by atoms with Gasteiger partial charge in [0.1, 0.15) is 12.1 Å². The molecule has 1 saturated carbocycles. The van der Waals surface area contributed by atoms with Crippen molar-refractivity contribution in [3.8, 4) is 0 Å². The van der Waals surface area contributed by atoms with E-state index >= 15 is 0 Å². The topological polar surface area (TPSA) is 111 Å². The molecule has 9 nitrogen and oxygen atoms in total. The Morgan fingerprint density at radius 3 is 2.64 bits per heavy atom. The van der Waals surface area contributed by atoms with Gasteiger partial charge in [0, 0.05) is 37.2 Å². The van der Waals surface area contributed by atoms with Crippen molar-refractivity contribution in [2.45, 2.75) is 63.5 Å². The van der Waals surface area contributed by atoms with Crippen molar-refractivity contribution < 1.29 is 9.59 Å². The summed E-state index contributed by atoms with van der Waals surface area (Å²) in [6.45, 7) is 3.34. The number of pyridine rings is 1. The highest BCUT2D eigenvalue weighted by atomic mass is 32.1. The summed E-state index contributed by atoms with van der Waals surface area (Å²) in [7, 11) is 0. The molecule has 2 aromatic carbocycles. The van der Waals surface area contributed by atoms with E-state index in [1.54, 1.807) is 17.5 Å². The van der Waals surface area contributed by atoms with Crippen molar-refractivity contribution in [2.24, 2.45) is 5.92 Å². The van der Waals surface area contributed by atoms with Gasteiger partial charge in [-0.15, -0.1) is 11.3 Å². The summed E-state index contributed by atoms with van der Waals surface area (Å²) in [5.41, 5.74) is 6.37. The normalized spacial score (nSPS) is 16.9. The maximum Gasteiger partial charge on any atom is 0.254 e. The third-order valence-electron chi connectivity index (χ3n) is 9.05. The first-order valence-electron chi connectivity index (χ1n) is 16.2. The average Bonchev–Trinajstić information content (AvgIpc) is 3.76. The fourth-order valence-corrected chi connectivity index (χ4v) is 7.11. The highest BCUT2D eigenvalue weighted by Gasteiger charge is 2.22. The second kappa shape index (κ2) is 15.4. The van der Waals surface area contributed by atoms with E-state index in [0.29, 0.717) is 43.0 Å². The first-order chi connectivity index (χ1) is 22.1. The molecule has 3 heterocycles. The first-order valence-corrected chi connectivity index (χ1v) is 17.1. The molecule has 10 heteroatoms. The van der Waals surface area contributed by atoms with Crippen molar-refractivity contribution in [3.63, 3.8) is 0 Å². The number of benzene rings is 2. The van der Waals surface area contributed by atoms with E-state index in [2.05, 4.69) is 54.3 Å². The Kier molecular flexibility index (Phi) is 10.7. The summed E-state index contributed by atoms with van der Waals surface area (Å²) in [5.74, 6) is 1.20. The third kappa shape index (κ3) is 8.65. The minimum Gasteiger partial charge on any atom is -0.382 e. The fraction of sp³-hybridized carbons (Fsp3) is 0.429. The number of carbonyl (C=O) groups excluding carboxylic acids is 2. The van der Waals surface area contributed by atoms with Crippen molar-refractivity contribution in [1.29, 1.82) is 0 Å². The number of nitrogens with zero attached hydrogens (tertiary/aromatic N) is 3.